The molecule has 0 bridgehead atoms. The molecule has 1 N–H and O–H groups in total. The summed E-state index contributed by atoms with van der Waals surface area (Å²) in [7, 11) is 0. The zero-order valence-electron chi connectivity index (χ0n) is 14.4. The summed E-state index contributed by atoms with van der Waals surface area (Å²) in [4.78, 5) is 11.8. The van der Waals surface area contributed by atoms with E-state index >= 15 is 0 Å². The third-order valence-corrected chi connectivity index (χ3v) is 3.28. The molecule has 4 heteroatoms. The number of esters is 1. The van der Waals surface area contributed by atoms with E-state index in [9.17, 15) is 9.90 Å². The minimum absolute atomic E-state index is 0.216. The van der Waals surface area contributed by atoms with Crippen LogP contribution in [0.3, 0.4) is 0 Å². The third-order valence-electron chi connectivity index (χ3n) is 3.28. The zero-order valence-corrected chi connectivity index (χ0v) is 14.4. The molecular formula is C20H24O4. The minimum atomic E-state index is -1.17. The summed E-state index contributed by atoms with van der Waals surface area (Å²) in [6.45, 7) is 5.82. The minimum Gasteiger partial charge on any atom is -0.489 e. The zero-order chi connectivity index (χ0) is 17.6. The molecule has 0 aliphatic heterocycles. The second kappa shape index (κ2) is 7.97. The van der Waals surface area contributed by atoms with Crippen LogP contribution in [0.25, 0.3) is 0 Å². The predicted octanol–water partition coefficient (Wildman–Crippen LogP) is 3.51. The van der Waals surface area contributed by atoms with Gasteiger partial charge in [0.15, 0.2) is 6.10 Å². The van der Waals surface area contributed by atoms with Crippen molar-refractivity contribution in [3.05, 3.63) is 65.7 Å². The third kappa shape index (κ3) is 6.05. The highest BCUT2D eigenvalue weighted by atomic mass is 16.6. The van der Waals surface area contributed by atoms with Crippen molar-refractivity contribution in [1.29, 1.82) is 0 Å². The van der Waals surface area contributed by atoms with E-state index in [0.717, 1.165) is 16.9 Å². The lowest BCUT2D eigenvalue weighted by molar-refractivity contribution is -0.164. The summed E-state index contributed by atoms with van der Waals surface area (Å²) < 4.78 is 10.9. The molecule has 128 valence electrons. The van der Waals surface area contributed by atoms with Crippen LogP contribution in [-0.4, -0.2) is 22.8 Å². The van der Waals surface area contributed by atoms with Crippen LogP contribution in [0.2, 0.25) is 0 Å². The van der Waals surface area contributed by atoms with Crippen LogP contribution in [0.5, 0.6) is 5.75 Å². The normalized spacial score (nSPS) is 12.5. The summed E-state index contributed by atoms with van der Waals surface area (Å²) in [5, 5.41) is 9.95. The van der Waals surface area contributed by atoms with Crippen molar-refractivity contribution in [1.82, 2.24) is 0 Å². The lowest BCUT2D eigenvalue weighted by Crippen LogP contribution is -2.32. The van der Waals surface area contributed by atoms with Crippen molar-refractivity contribution in [2.24, 2.45) is 0 Å². The van der Waals surface area contributed by atoms with Gasteiger partial charge in [-0.1, -0.05) is 42.5 Å². The largest absolute Gasteiger partial charge is 0.489 e. The van der Waals surface area contributed by atoms with Crippen molar-refractivity contribution in [3.63, 3.8) is 0 Å². The van der Waals surface area contributed by atoms with Gasteiger partial charge in [-0.3, -0.25) is 0 Å². The monoisotopic (exact) mass is 328 g/mol. The fourth-order valence-corrected chi connectivity index (χ4v) is 2.14. The Hall–Kier alpha value is -2.33. The summed E-state index contributed by atoms with van der Waals surface area (Å²) >= 11 is 0. The van der Waals surface area contributed by atoms with Gasteiger partial charge in [0.25, 0.3) is 0 Å². The first-order valence-corrected chi connectivity index (χ1v) is 8.00. The van der Waals surface area contributed by atoms with Crippen LogP contribution >= 0.6 is 0 Å². The van der Waals surface area contributed by atoms with Crippen molar-refractivity contribution in [2.45, 2.75) is 45.5 Å². The average molecular weight is 328 g/mol. The number of aliphatic hydroxyl groups is 1. The maximum Gasteiger partial charge on any atom is 0.335 e. The average Bonchev–Trinajstić information content (AvgIpc) is 2.53. The quantitative estimate of drug-likeness (QED) is 0.825. The maximum absolute atomic E-state index is 11.8. The van der Waals surface area contributed by atoms with Crippen molar-refractivity contribution >= 4 is 5.97 Å². The molecule has 1 unspecified atom stereocenters. The highest BCUT2D eigenvalue weighted by Gasteiger charge is 2.23. The van der Waals surface area contributed by atoms with E-state index in [1.54, 1.807) is 20.8 Å². The first-order chi connectivity index (χ1) is 11.3. The molecule has 0 saturated heterocycles. The van der Waals surface area contributed by atoms with Gasteiger partial charge in [0.1, 0.15) is 18.0 Å². The molecule has 0 saturated carbocycles. The Kier molecular flexibility index (Phi) is 5.99. The molecular weight excluding hydrogens is 304 g/mol. The standard InChI is InChI=1S/C20H24O4/c1-20(2,3)24-19(22)18(21)13-15-9-11-17(12-10-15)23-14-16-7-5-4-6-8-16/h4-12,18,21H,13-14H2,1-3H3. The molecule has 0 aliphatic rings. The van der Waals surface area contributed by atoms with Gasteiger partial charge in [-0.2, -0.15) is 0 Å². The molecule has 24 heavy (non-hydrogen) atoms. The number of hydrogen-bond acceptors (Lipinski definition) is 4. The number of carbonyl (C=O) groups excluding carboxylic acids is 1. The molecule has 2 rings (SSSR count). The molecule has 1 atom stereocenters. The van der Waals surface area contributed by atoms with E-state index in [0.29, 0.717) is 6.61 Å². The number of benzene rings is 2. The summed E-state index contributed by atoms with van der Waals surface area (Å²) in [6, 6.07) is 17.3. The van der Waals surface area contributed by atoms with E-state index in [2.05, 4.69) is 0 Å². The first kappa shape index (κ1) is 18.0. The Bertz CT molecular complexity index is 642. The molecule has 0 fully saturated rings. The maximum atomic E-state index is 11.8. The van der Waals surface area contributed by atoms with Gasteiger partial charge >= 0.3 is 5.97 Å². The smallest absolute Gasteiger partial charge is 0.335 e. The van der Waals surface area contributed by atoms with E-state index in [1.807, 2.05) is 54.6 Å². The van der Waals surface area contributed by atoms with Crippen molar-refractivity contribution < 1.29 is 19.4 Å². The van der Waals surface area contributed by atoms with Gasteiger partial charge in [0.05, 0.1) is 0 Å². The first-order valence-electron chi connectivity index (χ1n) is 8.00. The Balaban J connectivity index is 1.86. The van der Waals surface area contributed by atoms with Crippen molar-refractivity contribution in [3.8, 4) is 5.75 Å². The Morgan fingerprint density at radius 3 is 2.21 bits per heavy atom. The van der Waals surface area contributed by atoms with Crippen LogP contribution in [0.4, 0.5) is 0 Å². The van der Waals surface area contributed by atoms with Gasteiger partial charge in [-0.05, 0) is 44.0 Å². The van der Waals surface area contributed by atoms with Crippen molar-refractivity contribution in [2.75, 3.05) is 0 Å². The van der Waals surface area contributed by atoms with E-state index < -0.39 is 17.7 Å². The highest BCUT2D eigenvalue weighted by molar-refractivity contribution is 5.75. The lowest BCUT2D eigenvalue weighted by atomic mass is 10.1. The SMILES string of the molecule is CC(C)(C)OC(=O)C(O)Cc1ccc(OCc2ccccc2)cc1. The summed E-state index contributed by atoms with van der Waals surface area (Å²) in [5.74, 6) is 0.140. The van der Waals surface area contributed by atoms with E-state index in [4.69, 9.17) is 9.47 Å². The topological polar surface area (TPSA) is 55.8 Å². The molecule has 2 aromatic carbocycles. The Morgan fingerprint density at radius 2 is 1.62 bits per heavy atom. The fourth-order valence-electron chi connectivity index (χ4n) is 2.14. The van der Waals surface area contributed by atoms with Gasteiger partial charge in [0, 0.05) is 6.42 Å². The second-order valence-corrected chi connectivity index (χ2v) is 6.67. The van der Waals surface area contributed by atoms with Crippen LogP contribution in [0, 0.1) is 0 Å². The molecule has 0 radical (unpaired) electrons. The van der Waals surface area contributed by atoms with Gasteiger partial charge in [-0.15, -0.1) is 0 Å². The van der Waals surface area contributed by atoms with E-state index in [1.165, 1.54) is 0 Å². The molecule has 4 nitrogen and oxygen atoms in total. The predicted molar refractivity (Wildman–Crippen MR) is 92.8 cm³/mol. The lowest BCUT2D eigenvalue weighted by Gasteiger charge is -2.21. The molecule has 0 aromatic heterocycles. The van der Waals surface area contributed by atoms with Crippen LogP contribution < -0.4 is 4.74 Å². The van der Waals surface area contributed by atoms with Gasteiger partial charge in [-0.25, -0.2) is 4.79 Å². The molecule has 2 aromatic rings. The molecule has 0 spiro atoms. The Labute approximate surface area is 143 Å². The van der Waals surface area contributed by atoms with Gasteiger partial charge < -0.3 is 14.6 Å². The fraction of sp³-hybridized carbons (Fsp3) is 0.350. The summed E-state index contributed by atoms with van der Waals surface area (Å²) in [6.07, 6.45) is -0.950. The van der Waals surface area contributed by atoms with Crippen LogP contribution in [-0.2, 0) is 22.6 Å². The van der Waals surface area contributed by atoms with Crippen LogP contribution in [0.15, 0.2) is 54.6 Å². The molecule has 0 heterocycles. The molecule has 0 amide bonds. The highest BCUT2D eigenvalue weighted by Crippen LogP contribution is 2.16. The number of carbonyl (C=O) groups is 1. The number of aliphatic hydroxyl groups excluding tert-OH is 1. The summed E-state index contributed by atoms with van der Waals surface area (Å²) in [5.41, 5.74) is 1.34. The van der Waals surface area contributed by atoms with Crippen LogP contribution in [0.1, 0.15) is 31.9 Å². The van der Waals surface area contributed by atoms with E-state index in [-0.39, 0.29) is 6.42 Å². The number of ether oxygens (including phenoxy) is 2. The number of hydrogen-bond donors (Lipinski definition) is 1. The molecule has 0 aliphatic carbocycles. The van der Waals surface area contributed by atoms with Gasteiger partial charge in [0.2, 0.25) is 0 Å². The number of rotatable bonds is 6. The Morgan fingerprint density at radius 1 is 1.00 bits per heavy atom. The second-order valence-electron chi connectivity index (χ2n) is 6.67.